The first kappa shape index (κ1) is 9.12. The van der Waals surface area contributed by atoms with Gasteiger partial charge in [0.1, 0.15) is 0 Å². The molecule has 0 unspecified atom stereocenters. The Bertz CT molecular complexity index is 424. The van der Waals surface area contributed by atoms with Gasteiger partial charge in [-0.2, -0.15) is 0 Å². The van der Waals surface area contributed by atoms with Crippen molar-refractivity contribution < 1.29 is 0 Å². The molecule has 0 aliphatic rings. The second kappa shape index (κ2) is 3.74. The lowest BCUT2D eigenvalue weighted by atomic mass is 10.2. The predicted octanol–water partition coefficient (Wildman–Crippen LogP) is 2.56. The molecule has 2 N–H and O–H groups in total. The number of halogens is 1. The van der Waals surface area contributed by atoms with Gasteiger partial charge in [0.15, 0.2) is 0 Å². The van der Waals surface area contributed by atoms with Crippen LogP contribution >= 0.6 is 27.3 Å². The van der Waals surface area contributed by atoms with Crippen LogP contribution < -0.4 is 5.73 Å². The van der Waals surface area contributed by atoms with Crippen LogP contribution in [-0.4, -0.2) is 11.5 Å². The third-order valence-corrected chi connectivity index (χ3v) is 3.48. The van der Waals surface area contributed by atoms with Crippen molar-refractivity contribution in [1.29, 1.82) is 0 Å². The number of hydrogen-bond acceptors (Lipinski definition) is 3. The molecule has 0 aliphatic heterocycles. The van der Waals surface area contributed by atoms with Crippen LogP contribution in [0.4, 0.5) is 0 Å². The van der Waals surface area contributed by atoms with Crippen molar-refractivity contribution in [3.8, 4) is 0 Å². The van der Waals surface area contributed by atoms with Crippen molar-refractivity contribution in [1.82, 2.24) is 4.98 Å². The highest BCUT2D eigenvalue weighted by Gasteiger charge is 2.04. The number of thiophene rings is 1. The zero-order chi connectivity index (χ0) is 9.26. The van der Waals surface area contributed by atoms with Gasteiger partial charge >= 0.3 is 0 Å². The maximum absolute atomic E-state index is 5.51. The minimum absolute atomic E-state index is 0.652. The fraction of sp³-hybridized carbons (Fsp3) is 0.222. The summed E-state index contributed by atoms with van der Waals surface area (Å²) in [6.07, 6.45) is 2.69. The molecule has 13 heavy (non-hydrogen) atoms. The molecule has 0 saturated carbocycles. The van der Waals surface area contributed by atoms with Crippen molar-refractivity contribution in [3.05, 3.63) is 27.8 Å². The van der Waals surface area contributed by atoms with Gasteiger partial charge in [0.05, 0.1) is 9.48 Å². The molecule has 2 rings (SSSR count). The molecule has 0 fully saturated rings. The summed E-state index contributed by atoms with van der Waals surface area (Å²) in [5.41, 5.74) is 6.61. The van der Waals surface area contributed by atoms with E-state index in [2.05, 4.69) is 27.0 Å². The van der Waals surface area contributed by atoms with Crippen molar-refractivity contribution >= 4 is 37.4 Å². The summed E-state index contributed by atoms with van der Waals surface area (Å²) in [6, 6.07) is 4.14. The number of nitrogens with zero attached hydrogens (tertiary/aromatic N) is 1. The molecule has 2 nitrogen and oxygen atoms in total. The smallest absolute Gasteiger partial charge is 0.0711 e. The SMILES string of the molecule is NCCc1nccc2sc(Br)cc12. The van der Waals surface area contributed by atoms with Gasteiger partial charge in [0.2, 0.25) is 0 Å². The van der Waals surface area contributed by atoms with E-state index in [1.807, 2.05) is 12.3 Å². The van der Waals surface area contributed by atoms with Crippen LogP contribution in [0.1, 0.15) is 5.69 Å². The zero-order valence-corrected chi connectivity index (χ0v) is 9.36. The highest BCUT2D eigenvalue weighted by atomic mass is 79.9. The van der Waals surface area contributed by atoms with Gasteiger partial charge in [-0.1, -0.05) is 0 Å². The third kappa shape index (κ3) is 1.75. The van der Waals surface area contributed by atoms with E-state index in [9.17, 15) is 0 Å². The summed E-state index contributed by atoms with van der Waals surface area (Å²) in [5, 5.41) is 1.23. The van der Waals surface area contributed by atoms with Gasteiger partial charge in [-0.15, -0.1) is 11.3 Å². The van der Waals surface area contributed by atoms with E-state index in [-0.39, 0.29) is 0 Å². The molecule has 0 radical (unpaired) electrons. The van der Waals surface area contributed by atoms with E-state index in [1.165, 1.54) is 10.1 Å². The highest BCUT2D eigenvalue weighted by Crippen LogP contribution is 2.30. The number of rotatable bonds is 2. The Morgan fingerprint density at radius 1 is 1.54 bits per heavy atom. The molecule has 0 bridgehead atoms. The van der Waals surface area contributed by atoms with Crippen LogP contribution in [0.25, 0.3) is 10.1 Å². The summed E-state index contributed by atoms with van der Waals surface area (Å²) in [5.74, 6) is 0. The molecule has 0 saturated heterocycles. The van der Waals surface area contributed by atoms with Gasteiger partial charge < -0.3 is 5.73 Å². The molecule has 0 spiro atoms. The highest BCUT2D eigenvalue weighted by molar-refractivity contribution is 9.11. The minimum atomic E-state index is 0.652. The van der Waals surface area contributed by atoms with E-state index in [0.29, 0.717) is 6.54 Å². The Hall–Kier alpha value is -0.450. The largest absolute Gasteiger partial charge is 0.330 e. The summed E-state index contributed by atoms with van der Waals surface area (Å²) >= 11 is 5.20. The molecule has 68 valence electrons. The second-order valence-corrected chi connectivity index (χ2v) is 5.22. The molecule has 0 aliphatic carbocycles. The molecule has 0 atom stereocenters. The topological polar surface area (TPSA) is 38.9 Å². The zero-order valence-electron chi connectivity index (χ0n) is 6.96. The Morgan fingerprint density at radius 2 is 2.38 bits per heavy atom. The fourth-order valence-corrected chi connectivity index (χ4v) is 2.88. The Balaban J connectivity index is 2.60. The number of fused-ring (bicyclic) bond motifs is 1. The summed E-state index contributed by atoms with van der Waals surface area (Å²) < 4.78 is 2.42. The van der Waals surface area contributed by atoms with Gasteiger partial charge in [-0.25, -0.2) is 0 Å². The van der Waals surface area contributed by atoms with Crippen LogP contribution in [0.3, 0.4) is 0 Å². The van der Waals surface area contributed by atoms with Crippen LogP contribution in [-0.2, 0) is 6.42 Å². The predicted molar refractivity (Wildman–Crippen MR) is 60.1 cm³/mol. The number of pyridine rings is 1. The first-order valence-corrected chi connectivity index (χ1v) is 5.65. The Kier molecular flexibility index (Phi) is 2.62. The van der Waals surface area contributed by atoms with Crippen molar-refractivity contribution in [2.24, 2.45) is 5.73 Å². The molecular formula is C9H9BrN2S. The molecule has 0 amide bonds. The number of aromatic nitrogens is 1. The van der Waals surface area contributed by atoms with E-state index in [4.69, 9.17) is 5.73 Å². The maximum Gasteiger partial charge on any atom is 0.0711 e. The average Bonchev–Trinajstić information content (AvgIpc) is 2.47. The van der Waals surface area contributed by atoms with Crippen LogP contribution in [0, 0.1) is 0 Å². The first-order chi connectivity index (χ1) is 6.31. The van der Waals surface area contributed by atoms with E-state index < -0.39 is 0 Å². The average molecular weight is 257 g/mol. The fourth-order valence-electron chi connectivity index (χ4n) is 1.32. The second-order valence-electron chi connectivity index (χ2n) is 2.76. The van der Waals surface area contributed by atoms with Crippen LogP contribution in [0.15, 0.2) is 22.1 Å². The number of nitrogens with two attached hydrogens (primary N) is 1. The molecule has 2 aromatic rings. The summed E-state index contributed by atoms with van der Waals surface area (Å²) in [7, 11) is 0. The van der Waals surface area contributed by atoms with Gasteiger partial charge in [0, 0.05) is 22.7 Å². The molecule has 0 aromatic carbocycles. The van der Waals surface area contributed by atoms with Crippen molar-refractivity contribution in [3.63, 3.8) is 0 Å². The minimum Gasteiger partial charge on any atom is -0.330 e. The lowest BCUT2D eigenvalue weighted by molar-refractivity contribution is 0.936. The first-order valence-electron chi connectivity index (χ1n) is 4.04. The summed E-state index contributed by atoms with van der Waals surface area (Å²) in [6.45, 7) is 0.652. The molecule has 2 heterocycles. The molecular weight excluding hydrogens is 248 g/mol. The lowest BCUT2D eigenvalue weighted by Gasteiger charge is -1.98. The van der Waals surface area contributed by atoms with Crippen molar-refractivity contribution in [2.75, 3.05) is 6.54 Å². The Morgan fingerprint density at radius 3 is 3.15 bits per heavy atom. The third-order valence-electron chi connectivity index (χ3n) is 1.88. The normalized spacial score (nSPS) is 10.9. The quantitative estimate of drug-likeness (QED) is 0.897. The van der Waals surface area contributed by atoms with E-state index in [0.717, 1.165) is 15.9 Å². The van der Waals surface area contributed by atoms with Gasteiger partial charge in [0.25, 0.3) is 0 Å². The summed E-state index contributed by atoms with van der Waals surface area (Å²) in [4.78, 5) is 4.32. The van der Waals surface area contributed by atoms with E-state index in [1.54, 1.807) is 11.3 Å². The number of hydrogen-bond donors (Lipinski definition) is 1. The van der Waals surface area contributed by atoms with Crippen molar-refractivity contribution in [2.45, 2.75) is 6.42 Å². The molecule has 2 aromatic heterocycles. The maximum atomic E-state index is 5.51. The van der Waals surface area contributed by atoms with Crippen LogP contribution in [0.2, 0.25) is 0 Å². The monoisotopic (exact) mass is 256 g/mol. The van der Waals surface area contributed by atoms with Crippen LogP contribution in [0.5, 0.6) is 0 Å². The molecule has 4 heteroatoms. The standard InChI is InChI=1S/C9H9BrN2S/c10-9-5-6-7(1-3-11)12-4-2-8(6)13-9/h2,4-5H,1,3,11H2. The van der Waals surface area contributed by atoms with Gasteiger partial charge in [-0.3, -0.25) is 4.98 Å². The lowest BCUT2D eigenvalue weighted by Crippen LogP contribution is -2.04. The Labute approximate surface area is 88.9 Å². The van der Waals surface area contributed by atoms with E-state index >= 15 is 0 Å². The van der Waals surface area contributed by atoms with Gasteiger partial charge in [-0.05, 0) is 34.6 Å².